The molecule has 9 heteroatoms. The van der Waals surface area contributed by atoms with E-state index < -0.39 is 31.3 Å². The van der Waals surface area contributed by atoms with Crippen molar-refractivity contribution >= 4 is 19.8 Å². The van der Waals surface area contributed by atoms with E-state index in [-0.39, 0.29) is 12.8 Å². The average Bonchev–Trinajstić information content (AvgIpc) is 2.60. The van der Waals surface area contributed by atoms with Crippen molar-refractivity contribution in [1.82, 2.24) is 0 Å². The van der Waals surface area contributed by atoms with Gasteiger partial charge in [0, 0.05) is 38.8 Å². The molecule has 0 aromatic carbocycles. The van der Waals surface area contributed by atoms with E-state index in [2.05, 4.69) is 13.2 Å². The molecule has 0 radical (unpaired) electrons. The first kappa shape index (κ1) is 27.5. The number of carbonyl (C=O) groups is 2. The summed E-state index contributed by atoms with van der Waals surface area (Å²) in [5.41, 5.74) is 0. The van der Waals surface area contributed by atoms with E-state index >= 15 is 0 Å². The van der Waals surface area contributed by atoms with Gasteiger partial charge in [0.2, 0.25) is 11.6 Å². The standard InChI is InChI=1S/C20H35O8P/c1-7-11-13-15-19(5,25-17(21)9-3)27-29(23,24)28-20(6,16-14-12-8-2)26-18(22)10-4/h9-10H,3-4,7-8,11-16H2,1-2,5-6H3,(H,23,24). The Morgan fingerprint density at radius 1 is 0.862 bits per heavy atom. The molecule has 8 nitrogen and oxygen atoms in total. The number of rotatable bonds is 16. The number of esters is 2. The highest BCUT2D eigenvalue weighted by molar-refractivity contribution is 7.47. The molecule has 2 unspecified atom stereocenters. The minimum atomic E-state index is -4.79. The van der Waals surface area contributed by atoms with Crippen LogP contribution in [-0.4, -0.2) is 28.4 Å². The molecule has 0 aliphatic carbocycles. The van der Waals surface area contributed by atoms with Gasteiger partial charge < -0.3 is 14.4 Å². The number of unbranched alkanes of at least 4 members (excludes halogenated alkanes) is 4. The number of phosphoric ester groups is 1. The van der Waals surface area contributed by atoms with Crippen molar-refractivity contribution in [1.29, 1.82) is 0 Å². The van der Waals surface area contributed by atoms with Gasteiger partial charge in [0.15, 0.2) is 0 Å². The second-order valence-corrected chi connectivity index (χ2v) is 8.39. The Morgan fingerprint density at radius 2 is 1.21 bits per heavy atom. The molecule has 0 aliphatic rings. The first-order chi connectivity index (χ1) is 13.4. The maximum absolute atomic E-state index is 12.7. The normalized spacial score (nSPS) is 17.3. The van der Waals surface area contributed by atoms with Gasteiger partial charge in [-0.3, -0.25) is 0 Å². The zero-order chi connectivity index (χ0) is 22.6. The molecule has 0 aliphatic heterocycles. The molecule has 0 saturated carbocycles. The van der Waals surface area contributed by atoms with Gasteiger partial charge in [0.05, 0.1) is 0 Å². The van der Waals surface area contributed by atoms with Crippen molar-refractivity contribution in [3.63, 3.8) is 0 Å². The fourth-order valence-corrected chi connectivity index (χ4v) is 3.91. The largest absolute Gasteiger partial charge is 0.478 e. The van der Waals surface area contributed by atoms with E-state index in [9.17, 15) is 19.0 Å². The SMILES string of the molecule is C=CC(=O)OC(C)(CCCCC)OP(=O)(O)OC(C)(CCCCC)OC(=O)C=C. The summed E-state index contributed by atoms with van der Waals surface area (Å²) in [5.74, 6) is -5.02. The first-order valence-electron chi connectivity index (χ1n) is 9.90. The zero-order valence-corrected chi connectivity index (χ0v) is 18.9. The molecule has 0 amide bonds. The first-order valence-corrected chi connectivity index (χ1v) is 11.4. The van der Waals surface area contributed by atoms with Crippen molar-refractivity contribution in [3.05, 3.63) is 25.3 Å². The van der Waals surface area contributed by atoms with Crippen LogP contribution >= 0.6 is 7.82 Å². The van der Waals surface area contributed by atoms with Crippen LogP contribution in [0.3, 0.4) is 0 Å². The van der Waals surface area contributed by atoms with Crippen molar-refractivity contribution < 1.29 is 37.6 Å². The summed E-state index contributed by atoms with van der Waals surface area (Å²) in [6.45, 7) is 13.4. The highest BCUT2D eigenvalue weighted by atomic mass is 31.2. The topological polar surface area (TPSA) is 108 Å². The Morgan fingerprint density at radius 3 is 1.48 bits per heavy atom. The van der Waals surface area contributed by atoms with Crippen molar-refractivity contribution in [3.8, 4) is 0 Å². The van der Waals surface area contributed by atoms with Gasteiger partial charge in [0.25, 0.3) is 0 Å². The van der Waals surface area contributed by atoms with Gasteiger partial charge in [-0.1, -0.05) is 52.7 Å². The lowest BCUT2D eigenvalue weighted by Crippen LogP contribution is -2.37. The van der Waals surface area contributed by atoms with E-state index in [1.165, 1.54) is 13.8 Å². The average molecular weight is 434 g/mol. The molecule has 0 bridgehead atoms. The van der Waals surface area contributed by atoms with Crippen LogP contribution in [0.2, 0.25) is 0 Å². The minimum absolute atomic E-state index is 0.174. The Bertz CT molecular complexity index is 557. The molecule has 168 valence electrons. The summed E-state index contributed by atoms with van der Waals surface area (Å²) < 4.78 is 33.6. The maximum atomic E-state index is 12.7. The predicted octanol–water partition coefficient (Wildman–Crippen LogP) is 5.17. The minimum Gasteiger partial charge on any atom is -0.430 e. The van der Waals surface area contributed by atoms with Crippen LogP contribution in [-0.2, 0) is 32.7 Å². The van der Waals surface area contributed by atoms with Crippen LogP contribution in [0.5, 0.6) is 0 Å². The summed E-state index contributed by atoms with van der Waals surface area (Å²) in [4.78, 5) is 33.7. The summed E-state index contributed by atoms with van der Waals surface area (Å²) in [6.07, 6.45) is 6.82. The van der Waals surface area contributed by atoms with Crippen LogP contribution < -0.4 is 0 Å². The lowest BCUT2D eigenvalue weighted by molar-refractivity contribution is -0.213. The highest BCUT2D eigenvalue weighted by Crippen LogP contribution is 2.53. The fourth-order valence-electron chi connectivity index (χ4n) is 2.64. The van der Waals surface area contributed by atoms with Crippen molar-refractivity contribution in [2.45, 2.75) is 90.6 Å². The third-order valence-corrected chi connectivity index (χ3v) is 5.29. The third kappa shape index (κ3) is 12.0. The molecule has 0 aromatic heterocycles. The smallest absolute Gasteiger partial charge is 0.430 e. The van der Waals surface area contributed by atoms with E-state index in [4.69, 9.17) is 18.5 Å². The number of hydrogen-bond acceptors (Lipinski definition) is 7. The van der Waals surface area contributed by atoms with E-state index in [0.717, 1.165) is 37.8 Å². The van der Waals surface area contributed by atoms with Gasteiger partial charge in [-0.15, -0.1) is 0 Å². The lowest BCUT2D eigenvalue weighted by Gasteiger charge is -2.34. The summed E-state index contributed by atoms with van der Waals surface area (Å²) in [6, 6.07) is 0. The van der Waals surface area contributed by atoms with E-state index in [1.54, 1.807) is 0 Å². The maximum Gasteiger partial charge on any atom is 0.478 e. The quantitative estimate of drug-likeness (QED) is 0.116. The summed E-state index contributed by atoms with van der Waals surface area (Å²) >= 11 is 0. The molecule has 1 N–H and O–H groups in total. The van der Waals surface area contributed by atoms with E-state index in [0.29, 0.717) is 12.8 Å². The summed E-state index contributed by atoms with van der Waals surface area (Å²) in [7, 11) is -4.79. The lowest BCUT2D eigenvalue weighted by atomic mass is 10.1. The van der Waals surface area contributed by atoms with Gasteiger partial charge in [-0.2, -0.15) is 0 Å². The van der Waals surface area contributed by atoms with Gasteiger partial charge >= 0.3 is 19.8 Å². The zero-order valence-electron chi connectivity index (χ0n) is 18.0. The summed E-state index contributed by atoms with van der Waals surface area (Å²) in [5, 5.41) is 0. The number of hydrogen-bond donors (Lipinski definition) is 1. The molecule has 0 saturated heterocycles. The van der Waals surface area contributed by atoms with E-state index in [1.807, 2.05) is 13.8 Å². The van der Waals surface area contributed by atoms with Crippen LogP contribution in [0.25, 0.3) is 0 Å². The Labute approximate surface area is 173 Å². The fraction of sp³-hybridized carbons (Fsp3) is 0.700. The van der Waals surface area contributed by atoms with Crippen LogP contribution in [0.1, 0.15) is 79.1 Å². The monoisotopic (exact) mass is 434 g/mol. The molecular formula is C20H35O8P. The predicted molar refractivity (Wildman–Crippen MR) is 110 cm³/mol. The Kier molecular flexibility index (Phi) is 12.3. The number of phosphoric acid groups is 1. The Hall–Kier alpha value is -1.47. The molecule has 2 atom stereocenters. The molecule has 0 aromatic rings. The molecule has 0 rings (SSSR count). The van der Waals surface area contributed by atoms with Gasteiger partial charge in [-0.25, -0.2) is 23.2 Å². The molecule has 29 heavy (non-hydrogen) atoms. The van der Waals surface area contributed by atoms with Crippen LogP contribution in [0.4, 0.5) is 0 Å². The van der Waals surface area contributed by atoms with Gasteiger partial charge in [0.1, 0.15) is 0 Å². The third-order valence-electron chi connectivity index (χ3n) is 4.05. The van der Waals surface area contributed by atoms with Crippen LogP contribution in [0.15, 0.2) is 25.3 Å². The van der Waals surface area contributed by atoms with Gasteiger partial charge in [-0.05, 0) is 12.8 Å². The number of carbonyl (C=O) groups excluding carboxylic acids is 2. The van der Waals surface area contributed by atoms with Crippen molar-refractivity contribution in [2.24, 2.45) is 0 Å². The highest BCUT2D eigenvalue weighted by Gasteiger charge is 2.44. The molecule has 0 fully saturated rings. The number of ether oxygens (including phenoxy) is 2. The molecule has 0 heterocycles. The Balaban J connectivity index is 5.46. The molecule has 0 spiro atoms. The molecular weight excluding hydrogens is 399 g/mol. The van der Waals surface area contributed by atoms with Crippen molar-refractivity contribution in [2.75, 3.05) is 0 Å². The second kappa shape index (κ2) is 13.0. The second-order valence-electron chi connectivity index (χ2n) is 7.08. The van der Waals surface area contributed by atoms with Crippen LogP contribution in [0, 0.1) is 0 Å².